The number of carbonyl (C=O) groups excluding carboxylic acids is 2. The van der Waals surface area contributed by atoms with Crippen LogP contribution in [0.15, 0.2) is 83.8 Å². The lowest BCUT2D eigenvalue weighted by Gasteiger charge is -2.31. The molecule has 0 radical (unpaired) electrons. The summed E-state index contributed by atoms with van der Waals surface area (Å²) in [6, 6.07) is 21.4. The van der Waals surface area contributed by atoms with Crippen LogP contribution in [0.3, 0.4) is 0 Å². The number of ether oxygens (including phenoxy) is 1. The molecule has 3 aromatic rings. The van der Waals surface area contributed by atoms with Crippen molar-refractivity contribution in [2.45, 2.75) is 38.3 Å². The normalized spacial score (nSPS) is 11.9. The van der Waals surface area contributed by atoms with Crippen molar-refractivity contribution in [3.05, 3.63) is 90.0 Å². The molecule has 0 heterocycles. The molecule has 0 aliphatic heterocycles. The number of nitrogens with one attached hydrogen (secondary N) is 1. The van der Waals surface area contributed by atoms with Crippen LogP contribution in [0.4, 0.5) is 5.69 Å². The minimum atomic E-state index is -4.12. The van der Waals surface area contributed by atoms with E-state index in [1.165, 1.54) is 24.1 Å². The van der Waals surface area contributed by atoms with Crippen molar-refractivity contribution in [1.29, 1.82) is 0 Å². The number of likely N-dealkylation sites (N-methyl/N-ethyl adjacent to an activating group) is 1. The smallest absolute Gasteiger partial charge is 0.264 e. The highest BCUT2D eigenvalue weighted by atomic mass is 32.2. The molecule has 3 rings (SSSR count). The molecule has 3 aromatic carbocycles. The zero-order valence-electron chi connectivity index (χ0n) is 21.5. The van der Waals surface area contributed by atoms with Crippen LogP contribution in [0, 0.1) is 6.92 Å². The van der Waals surface area contributed by atoms with Crippen LogP contribution in [-0.4, -0.2) is 51.4 Å². The number of aryl methyl sites for hydroxylation is 1. The summed E-state index contributed by atoms with van der Waals surface area (Å²) in [5, 5.41) is 2.57. The highest BCUT2D eigenvalue weighted by Gasteiger charge is 2.32. The van der Waals surface area contributed by atoms with E-state index in [9.17, 15) is 18.0 Å². The molecule has 9 heteroatoms. The van der Waals surface area contributed by atoms with Gasteiger partial charge in [-0.1, -0.05) is 48.0 Å². The molecule has 0 saturated carbocycles. The molecule has 1 atom stereocenters. The number of amides is 2. The molecule has 196 valence electrons. The fraction of sp³-hybridized carbons (Fsp3) is 0.286. The van der Waals surface area contributed by atoms with Gasteiger partial charge in [0.05, 0.1) is 17.2 Å². The van der Waals surface area contributed by atoms with Crippen molar-refractivity contribution in [3.63, 3.8) is 0 Å². The van der Waals surface area contributed by atoms with Crippen molar-refractivity contribution in [2.24, 2.45) is 0 Å². The minimum Gasteiger partial charge on any atom is -0.494 e. The van der Waals surface area contributed by atoms with Crippen LogP contribution in [0.2, 0.25) is 0 Å². The van der Waals surface area contributed by atoms with E-state index in [-0.39, 0.29) is 17.3 Å². The Balaban J connectivity index is 2.00. The second-order valence-electron chi connectivity index (χ2n) is 8.55. The summed E-state index contributed by atoms with van der Waals surface area (Å²) in [5.74, 6) is -0.302. The summed E-state index contributed by atoms with van der Waals surface area (Å²) in [6.07, 6.45) is 0. The van der Waals surface area contributed by atoms with Gasteiger partial charge in [0.25, 0.3) is 10.0 Å². The van der Waals surface area contributed by atoms with Crippen LogP contribution >= 0.6 is 0 Å². The lowest BCUT2D eigenvalue weighted by Crippen LogP contribution is -2.50. The van der Waals surface area contributed by atoms with Crippen molar-refractivity contribution in [1.82, 2.24) is 10.2 Å². The number of carbonyl (C=O) groups is 2. The second-order valence-corrected chi connectivity index (χ2v) is 10.4. The van der Waals surface area contributed by atoms with Gasteiger partial charge in [-0.3, -0.25) is 13.9 Å². The molecule has 0 saturated heterocycles. The highest BCUT2D eigenvalue weighted by Crippen LogP contribution is 2.26. The molecule has 37 heavy (non-hydrogen) atoms. The maximum Gasteiger partial charge on any atom is 0.264 e. The molecule has 1 unspecified atom stereocenters. The van der Waals surface area contributed by atoms with Crippen molar-refractivity contribution < 1.29 is 22.7 Å². The van der Waals surface area contributed by atoms with E-state index < -0.39 is 28.5 Å². The monoisotopic (exact) mass is 523 g/mol. The maximum absolute atomic E-state index is 13.8. The molecule has 0 fully saturated rings. The van der Waals surface area contributed by atoms with Crippen LogP contribution < -0.4 is 14.4 Å². The Hall–Kier alpha value is -3.85. The van der Waals surface area contributed by atoms with E-state index in [4.69, 9.17) is 4.74 Å². The zero-order chi connectivity index (χ0) is 27.0. The third-order valence-electron chi connectivity index (χ3n) is 5.93. The van der Waals surface area contributed by atoms with Gasteiger partial charge in [-0.25, -0.2) is 8.42 Å². The van der Waals surface area contributed by atoms with Gasteiger partial charge in [0.15, 0.2) is 0 Å². The topological polar surface area (TPSA) is 96.0 Å². The van der Waals surface area contributed by atoms with Crippen LogP contribution in [0.25, 0.3) is 0 Å². The third-order valence-corrected chi connectivity index (χ3v) is 7.72. The summed E-state index contributed by atoms with van der Waals surface area (Å²) in [5.41, 5.74) is 2.12. The Kier molecular flexibility index (Phi) is 9.30. The summed E-state index contributed by atoms with van der Waals surface area (Å²) in [4.78, 5) is 27.6. The van der Waals surface area contributed by atoms with E-state index in [1.807, 2.05) is 44.2 Å². The first-order chi connectivity index (χ1) is 17.7. The number of sulfonamides is 1. The summed E-state index contributed by atoms with van der Waals surface area (Å²) in [6.45, 7) is 5.49. The molecular weight excluding hydrogens is 490 g/mol. The van der Waals surface area contributed by atoms with E-state index >= 15 is 0 Å². The van der Waals surface area contributed by atoms with E-state index in [2.05, 4.69) is 5.32 Å². The van der Waals surface area contributed by atoms with Gasteiger partial charge in [-0.15, -0.1) is 0 Å². The molecule has 0 aromatic heterocycles. The quantitative estimate of drug-likeness (QED) is 0.413. The SMILES string of the molecule is CCOc1ccc(S(=O)(=O)N(CC(=O)N(Cc2ccccc2)C(C)C(=O)NC)c2ccc(C)cc2)cc1. The predicted molar refractivity (Wildman–Crippen MR) is 144 cm³/mol. The van der Waals surface area contributed by atoms with Gasteiger partial charge in [0, 0.05) is 13.6 Å². The molecule has 0 bridgehead atoms. The lowest BCUT2D eigenvalue weighted by atomic mass is 10.1. The number of hydrogen-bond donors (Lipinski definition) is 1. The van der Waals surface area contributed by atoms with Gasteiger partial charge in [-0.2, -0.15) is 0 Å². The first-order valence-corrected chi connectivity index (χ1v) is 13.5. The Bertz CT molecular complexity index is 1290. The van der Waals surface area contributed by atoms with E-state index in [0.29, 0.717) is 18.0 Å². The highest BCUT2D eigenvalue weighted by molar-refractivity contribution is 7.92. The Morgan fingerprint density at radius 2 is 1.57 bits per heavy atom. The lowest BCUT2D eigenvalue weighted by molar-refractivity contribution is -0.139. The van der Waals surface area contributed by atoms with Gasteiger partial charge < -0.3 is 15.0 Å². The minimum absolute atomic E-state index is 0.0262. The van der Waals surface area contributed by atoms with Crippen LogP contribution in [-0.2, 0) is 26.2 Å². The molecule has 2 amide bonds. The summed E-state index contributed by atoms with van der Waals surface area (Å²) < 4.78 is 34.1. The number of benzene rings is 3. The molecule has 0 spiro atoms. The standard InChI is InChI=1S/C28H33N3O5S/c1-5-36-25-15-17-26(18-16-25)37(34,35)31(24-13-11-21(2)12-14-24)20-27(32)30(22(3)28(33)29-4)19-23-9-7-6-8-10-23/h6-18,22H,5,19-20H2,1-4H3,(H,29,33). The summed E-state index contributed by atoms with van der Waals surface area (Å²) >= 11 is 0. The average Bonchev–Trinajstić information content (AvgIpc) is 2.91. The average molecular weight is 524 g/mol. The van der Waals surface area contributed by atoms with Gasteiger partial charge in [0.2, 0.25) is 11.8 Å². The molecule has 0 aliphatic carbocycles. The number of rotatable bonds is 11. The molecule has 0 aliphatic rings. The third kappa shape index (κ3) is 6.89. The second kappa shape index (κ2) is 12.4. The number of anilines is 1. The van der Waals surface area contributed by atoms with Gasteiger partial charge in [0.1, 0.15) is 18.3 Å². The summed E-state index contributed by atoms with van der Waals surface area (Å²) in [7, 11) is -2.62. The first-order valence-electron chi connectivity index (χ1n) is 12.0. The number of nitrogens with zero attached hydrogens (tertiary/aromatic N) is 2. The van der Waals surface area contributed by atoms with Crippen molar-refractivity contribution >= 4 is 27.5 Å². The first kappa shape index (κ1) is 27.7. The predicted octanol–water partition coefficient (Wildman–Crippen LogP) is 3.75. The van der Waals surface area contributed by atoms with Crippen molar-refractivity contribution in [2.75, 3.05) is 24.5 Å². The fourth-order valence-corrected chi connectivity index (χ4v) is 5.23. The Morgan fingerprint density at radius 3 is 2.14 bits per heavy atom. The van der Waals surface area contributed by atoms with Crippen LogP contribution in [0.1, 0.15) is 25.0 Å². The van der Waals surface area contributed by atoms with Gasteiger partial charge >= 0.3 is 0 Å². The largest absolute Gasteiger partial charge is 0.494 e. The van der Waals surface area contributed by atoms with E-state index in [0.717, 1.165) is 15.4 Å². The van der Waals surface area contributed by atoms with Gasteiger partial charge in [-0.05, 0) is 62.7 Å². The van der Waals surface area contributed by atoms with E-state index in [1.54, 1.807) is 43.3 Å². The Morgan fingerprint density at radius 1 is 0.946 bits per heavy atom. The van der Waals surface area contributed by atoms with Crippen LogP contribution in [0.5, 0.6) is 5.75 Å². The zero-order valence-corrected chi connectivity index (χ0v) is 22.4. The molecule has 8 nitrogen and oxygen atoms in total. The number of hydrogen-bond acceptors (Lipinski definition) is 5. The molecular formula is C28H33N3O5S. The van der Waals surface area contributed by atoms with Crippen molar-refractivity contribution in [3.8, 4) is 5.75 Å². The fourth-order valence-electron chi connectivity index (χ4n) is 3.81. The maximum atomic E-state index is 13.8. The molecule has 1 N–H and O–H groups in total. The Labute approximate surface area is 218 Å².